The predicted molar refractivity (Wildman–Crippen MR) is 62.9 cm³/mol. The van der Waals surface area contributed by atoms with Crippen LogP contribution in [0, 0.1) is 5.92 Å². The summed E-state index contributed by atoms with van der Waals surface area (Å²) in [6.45, 7) is 6.62. The van der Waals surface area contributed by atoms with Crippen molar-refractivity contribution in [2.45, 2.75) is 71.0 Å². The van der Waals surface area contributed by atoms with Gasteiger partial charge in [-0.05, 0) is 39.5 Å². The fourth-order valence-corrected chi connectivity index (χ4v) is 2.42. The summed E-state index contributed by atoms with van der Waals surface area (Å²) in [4.78, 5) is 0. The third kappa shape index (κ3) is 6.16. The lowest BCUT2D eigenvalue weighted by molar-refractivity contribution is -0.0266. The van der Waals surface area contributed by atoms with Gasteiger partial charge in [-0.3, -0.25) is 0 Å². The normalized spacial score (nSPS) is 21.6. The van der Waals surface area contributed by atoms with Gasteiger partial charge in [0.2, 0.25) is 0 Å². The first-order valence-electron chi connectivity index (χ1n) is 6.31. The van der Waals surface area contributed by atoms with Gasteiger partial charge < -0.3 is 9.84 Å². The van der Waals surface area contributed by atoms with E-state index >= 15 is 0 Å². The van der Waals surface area contributed by atoms with Crippen molar-refractivity contribution in [2.75, 3.05) is 6.61 Å². The summed E-state index contributed by atoms with van der Waals surface area (Å²) < 4.78 is 5.80. The van der Waals surface area contributed by atoms with E-state index in [9.17, 15) is 5.11 Å². The Hall–Kier alpha value is -0.0800. The minimum Gasteiger partial charge on any atom is -0.390 e. The highest BCUT2D eigenvalue weighted by atomic mass is 16.5. The molecule has 1 N–H and O–H groups in total. The molecule has 0 spiro atoms. The molecule has 90 valence electrons. The van der Waals surface area contributed by atoms with Crippen molar-refractivity contribution in [3.8, 4) is 0 Å². The first-order chi connectivity index (χ1) is 6.97. The highest BCUT2D eigenvalue weighted by Gasteiger charge is 2.19. The first kappa shape index (κ1) is 13.0. The summed E-state index contributed by atoms with van der Waals surface area (Å²) in [5.74, 6) is 0.767. The van der Waals surface area contributed by atoms with Gasteiger partial charge in [0.25, 0.3) is 0 Å². The summed E-state index contributed by atoms with van der Waals surface area (Å²) in [5.41, 5.74) is -0.605. The van der Waals surface area contributed by atoms with Crippen LogP contribution in [0.3, 0.4) is 0 Å². The summed E-state index contributed by atoms with van der Waals surface area (Å²) in [7, 11) is 0. The van der Waals surface area contributed by atoms with E-state index < -0.39 is 5.60 Å². The molecule has 1 saturated carbocycles. The van der Waals surface area contributed by atoms with E-state index in [0.717, 1.165) is 18.9 Å². The molecule has 0 saturated heterocycles. The molecule has 0 aromatic carbocycles. The molecule has 0 aromatic rings. The molecule has 2 heteroatoms. The monoisotopic (exact) mass is 214 g/mol. The Morgan fingerprint density at radius 3 is 2.40 bits per heavy atom. The molecule has 1 rings (SSSR count). The molecule has 0 bridgehead atoms. The number of hydrogen-bond acceptors (Lipinski definition) is 2. The average molecular weight is 214 g/mol. The maximum atomic E-state index is 9.65. The largest absolute Gasteiger partial charge is 0.390 e. The Morgan fingerprint density at radius 2 is 1.87 bits per heavy atom. The lowest BCUT2D eigenvalue weighted by Gasteiger charge is -2.26. The minimum atomic E-state index is -0.605. The lowest BCUT2D eigenvalue weighted by Crippen LogP contribution is -2.27. The molecule has 0 aromatic heterocycles. The molecule has 1 aliphatic rings. The number of hydrogen-bond donors (Lipinski definition) is 1. The van der Waals surface area contributed by atoms with Crippen molar-refractivity contribution in [1.82, 2.24) is 0 Å². The van der Waals surface area contributed by atoms with Crippen molar-refractivity contribution >= 4 is 0 Å². The van der Waals surface area contributed by atoms with Crippen LogP contribution in [0.4, 0.5) is 0 Å². The van der Waals surface area contributed by atoms with E-state index in [-0.39, 0.29) is 6.10 Å². The highest BCUT2D eigenvalue weighted by molar-refractivity contribution is 4.70. The van der Waals surface area contributed by atoms with Crippen LogP contribution in [-0.4, -0.2) is 23.4 Å². The second-order valence-corrected chi connectivity index (χ2v) is 5.66. The van der Waals surface area contributed by atoms with E-state index in [2.05, 4.69) is 6.92 Å². The predicted octanol–water partition coefficient (Wildman–Crippen LogP) is 3.13. The van der Waals surface area contributed by atoms with Gasteiger partial charge in [0.15, 0.2) is 0 Å². The van der Waals surface area contributed by atoms with Crippen LogP contribution >= 0.6 is 0 Å². The molecule has 1 atom stereocenters. The van der Waals surface area contributed by atoms with Gasteiger partial charge in [-0.2, -0.15) is 0 Å². The summed E-state index contributed by atoms with van der Waals surface area (Å²) >= 11 is 0. The van der Waals surface area contributed by atoms with Gasteiger partial charge in [0.1, 0.15) is 0 Å². The summed E-state index contributed by atoms with van der Waals surface area (Å²) in [6.07, 6.45) is 7.69. The number of rotatable bonds is 5. The maximum absolute atomic E-state index is 9.65. The molecule has 0 amide bonds. The lowest BCUT2D eigenvalue weighted by atomic mass is 9.90. The minimum absolute atomic E-state index is 0.173. The van der Waals surface area contributed by atoms with Crippen LogP contribution in [0.2, 0.25) is 0 Å². The zero-order chi connectivity index (χ0) is 11.3. The smallest absolute Gasteiger partial charge is 0.0616 e. The molecule has 0 heterocycles. The van der Waals surface area contributed by atoms with Crippen molar-refractivity contribution < 1.29 is 9.84 Å². The standard InChI is InChI=1S/C13H26O2/c1-11(9-13(2,3)14)15-10-12-7-5-4-6-8-12/h11-12,14H,4-10H2,1-3H3/t11-/m1/s1. The maximum Gasteiger partial charge on any atom is 0.0616 e. The Morgan fingerprint density at radius 1 is 1.27 bits per heavy atom. The Bertz CT molecular complexity index is 166. The van der Waals surface area contributed by atoms with Crippen LogP contribution in [-0.2, 0) is 4.74 Å². The van der Waals surface area contributed by atoms with Gasteiger partial charge in [-0.25, -0.2) is 0 Å². The van der Waals surface area contributed by atoms with E-state index in [1.807, 2.05) is 13.8 Å². The fraction of sp³-hybridized carbons (Fsp3) is 1.00. The molecular weight excluding hydrogens is 188 g/mol. The molecule has 2 nitrogen and oxygen atoms in total. The second-order valence-electron chi connectivity index (χ2n) is 5.66. The van der Waals surface area contributed by atoms with E-state index in [1.54, 1.807) is 0 Å². The second kappa shape index (κ2) is 5.86. The third-order valence-corrected chi connectivity index (χ3v) is 3.13. The molecule has 0 aliphatic heterocycles. The molecule has 0 radical (unpaired) electrons. The molecule has 1 fully saturated rings. The summed E-state index contributed by atoms with van der Waals surface area (Å²) in [6, 6.07) is 0. The average Bonchev–Trinajstić information content (AvgIpc) is 2.14. The molecular formula is C13H26O2. The first-order valence-corrected chi connectivity index (χ1v) is 6.31. The molecule has 0 unspecified atom stereocenters. The van der Waals surface area contributed by atoms with Crippen LogP contribution < -0.4 is 0 Å². The van der Waals surface area contributed by atoms with Gasteiger partial charge in [-0.15, -0.1) is 0 Å². The number of ether oxygens (including phenoxy) is 1. The van der Waals surface area contributed by atoms with Gasteiger partial charge in [0, 0.05) is 13.0 Å². The zero-order valence-electron chi connectivity index (χ0n) is 10.5. The fourth-order valence-electron chi connectivity index (χ4n) is 2.42. The SMILES string of the molecule is C[C@H](CC(C)(C)O)OCC1CCCCC1. The van der Waals surface area contributed by atoms with E-state index in [4.69, 9.17) is 4.74 Å². The Kier molecular flexibility index (Phi) is 5.07. The van der Waals surface area contributed by atoms with E-state index in [0.29, 0.717) is 0 Å². The summed E-state index contributed by atoms with van der Waals surface area (Å²) in [5, 5.41) is 9.65. The Labute approximate surface area is 94.0 Å². The van der Waals surface area contributed by atoms with Crippen LogP contribution in [0.5, 0.6) is 0 Å². The van der Waals surface area contributed by atoms with Gasteiger partial charge in [-0.1, -0.05) is 19.3 Å². The van der Waals surface area contributed by atoms with Crippen LogP contribution in [0.25, 0.3) is 0 Å². The van der Waals surface area contributed by atoms with Crippen molar-refractivity contribution in [3.63, 3.8) is 0 Å². The number of aliphatic hydroxyl groups is 1. The van der Waals surface area contributed by atoms with E-state index in [1.165, 1.54) is 32.1 Å². The molecule has 15 heavy (non-hydrogen) atoms. The van der Waals surface area contributed by atoms with Gasteiger partial charge >= 0.3 is 0 Å². The van der Waals surface area contributed by atoms with Crippen LogP contribution in [0.15, 0.2) is 0 Å². The van der Waals surface area contributed by atoms with Crippen molar-refractivity contribution in [3.05, 3.63) is 0 Å². The highest BCUT2D eigenvalue weighted by Crippen LogP contribution is 2.24. The zero-order valence-corrected chi connectivity index (χ0v) is 10.5. The van der Waals surface area contributed by atoms with Gasteiger partial charge in [0.05, 0.1) is 11.7 Å². The van der Waals surface area contributed by atoms with Crippen molar-refractivity contribution in [1.29, 1.82) is 0 Å². The van der Waals surface area contributed by atoms with Crippen LogP contribution in [0.1, 0.15) is 59.3 Å². The molecule has 1 aliphatic carbocycles. The van der Waals surface area contributed by atoms with Crippen molar-refractivity contribution in [2.24, 2.45) is 5.92 Å². The quantitative estimate of drug-likeness (QED) is 0.762. The third-order valence-electron chi connectivity index (χ3n) is 3.13. The topological polar surface area (TPSA) is 29.5 Å². The Balaban J connectivity index is 2.12.